The number of carbonyl (C=O) groups is 2. The Morgan fingerprint density at radius 1 is 1.17 bits per heavy atom. The summed E-state index contributed by atoms with van der Waals surface area (Å²) >= 11 is 0. The van der Waals surface area contributed by atoms with Gasteiger partial charge in [0.05, 0.1) is 5.56 Å². The Kier molecular flexibility index (Phi) is 5.71. The van der Waals surface area contributed by atoms with Gasteiger partial charge >= 0.3 is 12.3 Å². The molecule has 2 atom stereocenters. The maximum Gasteiger partial charge on any atom is 0.418 e. The Morgan fingerprint density at radius 2 is 1.86 bits per heavy atom. The molecule has 2 unspecified atom stereocenters. The highest BCUT2D eigenvalue weighted by molar-refractivity contribution is 5.94. The third kappa shape index (κ3) is 4.64. The summed E-state index contributed by atoms with van der Waals surface area (Å²) in [6, 6.07) is 6.55. The van der Waals surface area contributed by atoms with Gasteiger partial charge in [-0.1, -0.05) is 12.1 Å². The second-order valence-corrected chi connectivity index (χ2v) is 6.65. The topological polar surface area (TPSA) is 82.5 Å². The Hall–Kier alpha value is -3.17. The number of rotatable bonds is 3. The van der Waals surface area contributed by atoms with E-state index in [2.05, 4.69) is 10.3 Å². The van der Waals surface area contributed by atoms with Crippen molar-refractivity contribution in [2.45, 2.75) is 24.6 Å². The zero-order valence-electron chi connectivity index (χ0n) is 15.0. The van der Waals surface area contributed by atoms with Crippen molar-refractivity contribution in [2.24, 2.45) is 0 Å². The second-order valence-electron chi connectivity index (χ2n) is 6.65. The van der Waals surface area contributed by atoms with Crippen LogP contribution in [0.2, 0.25) is 0 Å². The van der Waals surface area contributed by atoms with Crippen molar-refractivity contribution in [3.8, 4) is 0 Å². The van der Waals surface area contributed by atoms with E-state index in [1.165, 1.54) is 24.3 Å². The minimum absolute atomic E-state index is 0.0141. The molecule has 154 valence electrons. The van der Waals surface area contributed by atoms with E-state index in [0.717, 1.165) is 23.2 Å². The van der Waals surface area contributed by atoms with Crippen LogP contribution in [-0.4, -0.2) is 46.1 Å². The zero-order chi connectivity index (χ0) is 21.2. The molecule has 1 aromatic heterocycles. The molecule has 3 rings (SSSR count). The summed E-state index contributed by atoms with van der Waals surface area (Å²) in [5.74, 6) is -2.04. The number of carbonyl (C=O) groups excluding carboxylic acids is 1. The first-order chi connectivity index (χ1) is 13.7. The SMILES string of the molecule is O=C(NC1CCN(C(=O)O)CC1c1ccc(F)cc1)c1ncccc1C(F)(F)F. The van der Waals surface area contributed by atoms with Gasteiger partial charge in [-0.2, -0.15) is 13.2 Å². The Balaban J connectivity index is 1.87. The molecule has 1 aromatic carbocycles. The van der Waals surface area contributed by atoms with Crippen molar-refractivity contribution in [1.29, 1.82) is 0 Å². The minimum atomic E-state index is -4.75. The highest BCUT2D eigenvalue weighted by atomic mass is 19.4. The average Bonchev–Trinajstić information content (AvgIpc) is 2.68. The summed E-state index contributed by atoms with van der Waals surface area (Å²) in [5.41, 5.74) is -1.34. The maximum absolute atomic E-state index is 13.3. The number of likely N-dealkylation sites (tertiary alicyclic amines) is 1. The Morgan fingerprint density at radius 3 is 2.48 bits per heavy atom. The molecule has 0 spiro atoms. The van der Waals surface area contributed by atoms with Gasteiger partial charge in [-0.25, -0.2) is 9.18 Å². The molecule has 1 saturated heterocycles. The molecule has 6 nitrogen and oxygen atoms in total. The summed E-state index contributed by atoms with van der Waals surface area (Å²) in [6.07, 6.45) is -4.61. The number of benzene rings is 1. The van der Waals surface area contributed by atoms with Crippen molar-refractivity contribution < 1.29 is 32.3 Å². The monoisotopic (exact) mass is 411 g/mol. The van der Waals surface area contributed by atoms with Gasteiger partial charge in [0.2, 0.25) is 0 Å². The number of nitrogens with zero attached hydrogens (tertiary/aromatic N) is 2. The average molecular weight is 411 g/mol. The normalized spacial score (nSPS) is 19.7. The van der Waals surface area contributed by atoms with E-state index < -0.39 is 47.2 Å². The Bertz CT molecular complexity index is 902. The van der Waals surface area contributed by atoms with Gasteiger partial charge < -0.3 is 15.3 Å². The molecule has 2 heterocycles. The van der Waals surface area contributed by atoms with Crippen molar-refractivity contribution in [1.82, 2.24) is 15.2 Å². The van der Waals surface area contributed by atoms with Crippen molar-refractivity contribution in [3.05, 3.63) is 65.2 Å². The maximum atomic E-state index is 13.3. The van der Waals surface area contributed by atoms with Crippen LogP contribution in [0.15, 0.2) is 42.6 Å². The van der Waals surface area contributed by atoms with Crippen LogP contribution in [-0.2, 0) is 6.18 Å². The zero-order valence-corrected chi connectivity index (χ0v) is 15.0. The number of piperidine rings is 1. The fourth-order valence-electron chi connectivity index (χ4n) is 3.40. The van der Waals surface area contributed by atoms with E-state index in [1.807, 2.05) is 0 Å². The standard InChI is InChI=1S/C19H17F4N3O3/c20-12-5-3-11(4-6-12)13-10-26(18(28)29)9-7-15(13)25-17(27)16-14(19(21,22)23)2-1-8-24-16/h1-6,8,13,15H,7,9-10H2,(H,25,27)(H,28,29). The number of hydrogen-bond donors (Lipinski definition) is 2. The van der Waals surface area contributed by atoms with Gasteiger partial charge in [-0.15, -0.1) is 0 Å². The first-order valence-corrected chi connectivity index (χ1v) is 8.73. The van der Waals surface area contributed by atoms with Crippen LogP contribution < -0.4 is 5.32 Å². The van der Waals surface area contributed by atoms with Crippen LogP contribution in [0.25, 0.3) is 0 Å². The summed E-state index contributed by atoms with van der Waals surface area (Å²) in [5, 5.41) is 11.8. The molecule has 1 aliphatic rings. The number of hydrogen-bond acceptors (Lipinski definition) is 3. The van der Waals surface area contributed by atoms with Crippen molar-refractivity contribution >= 4 is 12.0 Å². The molecular formula is C19H17F4N3O3. The van der Waals surface area contributed by atoms with E-state index in [9.17, 15) is 32.3 Å². The molecule has 0 bridgehead atoms. The lowest BCUT2D eigenvalue weighted by molar-refractivity contribution is -0.138. The van der Waals surface area contributed by atoms with Crippen LogP contribution >= 0.6 is 0 Å². The smallest absolute Gasteiger partial charge is 0.418 e. The molecule has 1 fully saturated rings. The molecule has 1 aliphatic heterocycles. The predicted octanol–water partition coefficient (Wildman–Crippen LogP) is 3.51. The van der Waals surface area contributed by atoms with E-state index in [4.69, 9.17) is 0 Å². The van der Waals surface area contributed by atoms with Crippen LogP contribution in [0, 0.1) is 5.82 Å². The summed E-state index contributed by atoms with van der Waals surface area (Å²) < 4.78 is 52.8. The predicted molar refractivity (Wildman–Crippen MR) is 93.8 cm³/mol. The third-order valence-electron chi connectivity index (χ3n) is 4.83. The third-order valence-corrected chi connectivity index (χ3v) is 4.83. The van der Waals surface area contributed by atoms with Crippen LogP contribution in [0.4, 0.5) is 22.4 Å². The van der Waals surface area contributed by atoms with E-state index in [1.54, 1.807) is 0 Å². The summed E-state index contributed by atoms with van der Waals surface area (Å²) in [7, 11) is 0. The lowest BCUT2D eigenvalue weighted by Gasteiger charge is -2.38. The van der Waals surface area contributed by atoms with E-state index in [-0.39, 0.29) is 19.5 Å². The lowest BCUT2D eigenvalue weighted by Crippen LogP contribution is -2.51. The number of alkyl halides is 3. The molecule has 10 heteroatoms. The van der Waals surface area contributed by atoms with Crippen LogP contribution in [0.5, 0.6) is 0 Å². The van der Waals surface area contributed by atoms with Crippen LogP contribution in [0.3, 0.4) is 0 Å². The molecule has 2 N–H and O–H groups in total. The van der Waals surface area contributed by atoms with E-state index >= 15 is 0 Å². The first-order valence-electron chi connectivity index (χ1n) is 8.73. The quantitative estimate of drug-likeness (QED) is 0.758. The lowest BCUT2D eigenvalue weighted by atomic mass is 9.86. The van der Waals surface area contributed by atoms with Crippen molar-refractivity contribution in [3.63, 3.8) is 0 Å². The van der Waals surface area contributed by atoms with Gasteiger partial charge in [0.15, 0.2) is 0 Å². The number of aromatic nitrogens is 1. The molecule has 0 aliphatic carbocycles. The molecule has 0 saturated carbocycles. The molecule has 2 amide bonds. The van der Waals surface area contributed by atoms with Gasteiger partial charge in [0.1, 0.15) is 11.5 Å². The van der Waals surface area contributed by atoms with Gasteiger partial charge in [-0.3, -0.25) is 9.78 Å². The van der Waals surface area contributed by atoms with E-state index in [0.29, 0.717) is 5.56 Å². The molecule has 29 heavy (non-hydrogen) atoms. The highest BCUT2D eigenvalue weighted by Crippen LogP contribution is 2.32. The van der Waals surface area contributed by atoms with Gasteiger partial charge in [0.25, 0.3) is 5.91 Å². The fraction of sp³-hybridized carbons (Fsp3) is 0.316. The Labute approximate surface area is 163 Å². The number of pyridine rings is 1. The molecule has 2 aromatic rings. The highest BCUT2D eigenvalue weighted by Gasteiger charge is 2.38. The first kappa shape index (κ1) is 20.6. The summed E-state index contributed by atoms with van der Waals surface area (Å²) in [4.78, 5) is 28.6. The van der Waals surface area contributed by atoms with Gasteiger partial charge in [-0.05, 0) is 36.2 Å². The van der Waals surface area contributed by atoms with Crippen molar-refractivity contribution in [2.75, 3.05) is 13.1 Å². The fourth-order valence-corrected chi connectivity index (χ4v) is 3.40. The minimum Gasteiger partial charge on any atom is -0.465 e. The molecular weight excluding hydrogens is 394 g/mol. The number of carboxylic acid groups (broad SMARTS) is 1. The molecule has 0 radical (unpaired) electrons. The second kappa shape index (κ2) is 8.06. The summed E-state index contributed by atoms with van der Waals surface area (Å²) in [6.45, 7) is 0.118. The number of amides is 2. The van der Waals surface area contributed by atoms with Crippen LogP contribution in [0.1, 0.15) is 34.0 Å². The van der Waals surface area contributed by atoms with Gasteiger partial charge in [0, 0.05) is 31.2 Å². The largest absolute Gasteiger partial charge is 0.465 e. The number of halogens is 4. The number of nitrogens with one attached hydrogen (secondary N) is 1.